The highest BCUT2D eigenvalue weighted by Crippen LogP contribution is 2.29. The van der Waals surface area contributed by atoms with Crippen LogP contribution in [0.1, 0.15) is 40.9 Å². The Kier molecular flexibility index (Phi) is 7.88. The molecule has 0 aliphatic rings. The standard InChI is InChI=1S/C24H23ClF3N3O/c1-29-23(32)22(17-6-3-2-4-7-17)31-20(18-8-5-9-19(25)14-18)12-10-16-11-13-21(30-15-16)24(26,27)28/h2-9,11,13-15,20,22,31H,10,12H2,1H3,(H,29,32)/t20-,22?/m1/s1. The van der Waals surface area contributed by atoms with Crippen molar-refractivity contribution in [1.82, 2.24) is 15.6 Å². The van der Waals surface area contributed by atoms with Gasteiger partial charge in [0.15, 0.2) is 0 Å². The van der Waals surface area contributed by atoms with Crippen molar-refractivity contribution in [2.45, 2.75) is 31.1 Å². The summed E-state index contributed by atoms with van der Waals surface area (Å²) in [5.74, 6) is -0.195. The van der Waals surface area contributed by atoms with E-state index in [1.165, 1.54) is 12.3 Å². The number of pyridine rings is 1. The van der Waals surface area contributed by atoms with E-state index in [1.807, 2.05) is 48.5 Å². The number of hydrogen-bond donors (Lipinski definition) is 2. The zero-order chi connectivity index (χ0) is 23.1. The molecule has 2 atom stereocenters. The van der Waals surface area contributed by atoms with Crippen LogP contribution in [0.25, 0.3) is 0 Å². The van der Waals surface area contributed by atoms with E-state index in [0.29, 0.717) is 23.4 Å². The topological polar surface area (TPSA) is 54.0 Å². The third-order valence-electron chi connectivity index (χ3n) is 5.10. The molecule has 3 aromatic rings. The third-order valence-corrected chi connectivity index (χ3v) is 5.33. The van der Waals surface area contributed by atoms with Crippen LogP contribution in [0.2, 0.25) is 5.02 Å². The van der Waals surface area contributed by atoms with Gasteiger partial charge in [-0.25, -0.2) is 0 Å². The summed E-state index contributed by atoms with van der Waals surface area (Å²) < 4.78 is 38.4. The molecule has 1 amide bonds. The quantitative estimate of drug-likeness (QED) is 0.465. The van der Waals surface area contributed by atoms with Gasteiger partial charge in [0.05, 0.1) is 0 Å². The number of likely N-dealkylation sites (N-methyl/N-ethyl adjacent to an activating group) is 1. The maximum Gasteiger partial charge on any atom is 0.433 e. The Labute approximate surface area is 189 Å². The Balaban J connectivity index is 1.84. The smallest absolute Gasteiger partial charge is 0.358 e. The minimum Gasteiger partial charge on any atom is -0.358 e. The molecule has 0 fully saturated rings. The highest BCUT2D eigenvalue weighted by Gasteiger charge is 2.32. The summed E-state index contributed by atoms with van der Waals surface area (Å²) in [6.07, 6.45) is -2.25. The van der Waals surface area contributed by atoms with Crippen LogP contribution in [-0.4, -0.2) is 17.9 Å². The summed E-state index contributed by atoms with van der Waals surface area (Å²) in [5.41, 5.74) is 1.43. The first-order valence-electron chi connectivity index (χ1n) is 10.1. The molecule has 4 nitrogen and oxygen atoms in total. The highest BCUT2D eigenvalue weighted by atomic mass is 35.5. The van der Waals surface area contributed by atoms with Crippen LogP contribution in [0.5, 0.6) is 0 Å². The van der Waals surface area contributed by atoms with E-state index in [2.05, 4.69) is 15.6 Å². The van der Waals surface area contributed by atoms with Gasteiger partial charge in [-0.3, -0.25) is 15.1 Å². The molecule has 0 saturated heterocycles. The summed E-state index contributed by atoms with van der Waals surface area (Å²) in [6, 6.07) is 18.1. The number of nitrogens with zero attached hydrogens (tertiary/aromatic N) is 1. The van der Waals surface area contributed by atoms with Crippen LogP contribution in [-0.2, 0) is 17.4 Å². The Morgan fingerprint density at radius 1 is 1.03 bits per heavy atom. The first kappa shape index (κ1) is 23.8. The maximum atomic E-state index is 12.8. The molecule has 1 aromatic heterocycles. The van der Waals surface area contributed by atoms with Crippen molar-refractivity contribution in [3.05, 3.63) is 100 Å². The molecule has 1 unspecified atom stereocenters. The van der Waals surface area contributed by atoms with Gasteiger partial charge in [0.1, 0.15) is 11.7 Å². The van der Waals surface area contributed by atoms with Crippen LogP contribution in [0.3, 0.4) is 0 Å². The fraction of sp³-hybridized carbons (Fsp3) is 0.250. The van der Waals surface area contributed by atoms with Gasteiger partial charge in [-0.1, -0.05) is 60.1 Å². The molecule has 0 saturated carbocycles. The molecule has 1 heterocycles. The lowest BCUT2D eigenvalue weighted by molar-refractivity contribution is -0.141. The molecule has 0 bridgehead atoms. The second-order valence-electron chi connectivity index (χ2n) is 7.32. The number of nitrogens with one attached hydrogen (secondary N) is 2. The summed E-state index contributed by atoms with van der Waals surface area (Å²) in [6.45, 7) is 0. The van der Waals surface area contributed by atoms with Crippen molar-refractivity contribution in [3.8, 4) is 0 Å². The van der Waals surface area contributed by atoms with E-state index in [4.69, 9.17) is 11.6 Å². The molecule has 3 rings (SSSR count). The molecule has 2 aromatic carbocycles. The second-order valence-corrected chi connectivity index (χ2v) is 7.76. The summed E-state index contributed by atoms with van der Waals surface area (Å²) in [7, 11) is 1.57. The maximum absolute atomic E-state index is 12.8. The van der Waals surface area contributed by atoms with Crippen LogP contribution >= 0.6 is 11.6 Å². The number of amides is 1. The predicted octanol–water partition coefficient (Wildman–Crippen LogP) is 5.50. The zero-order valence-corrected chi connectivity index (χ0v) is 18.1. The van der Waals surface area contributed by atoms with E-state index in [9.17, 15) is 18.0 Å². The molecule has 2 N–H and O–H groups in total. The summed E-state index contributed by atoms with van der Waals surface area (Å²) in [4.78, 5) is 16.2. The van der Waals surface area contributed by atoms with Crippen molar-refractivity contribution >= 4 is 17.5 Å². The molecular weight excluding hydrogens is 439 g/mol. The number of halogens is 4. The fourth-order valence-corrected chi connectivity index (χ4v) is 3.63. The van der Waals surface area contributed by atoms with E-state index < -0.39 is 17.9 Å². The van der Waals surface area contributed by atoms with Crippen molar-refractivity contribution in [2.75, 3.05) is 7.05 Å². The van der Waals surface area contributed by atoms with Crippen LogP contribution in [0.15, 0.2) is 72.9 Å². The molecule has 168 valence electrons. The first-order chi connectivity index (χ1) is 15.3. The molecule has 0 aliphatic heterocycles. The van der Waals surface area contributed by atoms with Crippen LogP contribution < -0.4 is 10.6 Å². The van der Waals surface area contributed by atoms with Gasteiger partial charge in [-0.2, -0.15) is 13.2 Å². The van der Waals surface area contributed by atoms with Gasteiger partial charge < -0.3 is 5.32 Å². The Hall–Kier alpha value is -2.90. The van der Waals surface area contributed by atoms with Crippen molar-refractivity contribution in [2.24, 2.45) is 0 Å². The monoisotopic (exact) mass is 461 g/mol. The minimum atomic E-state index is -4.47. The average Bonchev–Trinajstić information content (AvgIpc) is 2.79. The number of carbonyl (C=O) groups is 1. The fourth-order valence-electron chi connectivity index (χ4n) is 3.43. The second kappa shape index (κ2) is 10.6. The predicted molar refractivity (Wildman–Crippen MR) is 118 cm³/mol. The van der Waals surface area contributed by atoms with Gasteiger partial charge in [-0.15, -0.1) is 0 Å². The third kappa shape index (κ3) is 6.31. The van der Waals surface area contributed by atoms with Gasteiger partial charge in [0.2, 0.25) is 5.91 Å². The van der Waals surface area contributed by atoms with Crippen molar-refractivity contribution < 1.29 is 18.0 Å². The van der Waals surface area contributed by atoms with Gasteiger partial charge >= 0.3 is 6.18 Å². The molecular formula is C24H23ClF3N3O. The van der Waals surface area contributed by atoms with Gasteiger partial charge in [0, 0.05) is 24.3 Å². The van der Waals surface area contributed by atoms with Gasteiger partial charge in [-0.05, 0) is 47.7 Å². The Bertz CT molecular complexity index is 1030. The SMILES string of the molecule is CNC(=O)C(N[C@H](CCc1ccc(C(F)(F)F)nc1)c1cccc(Cl)c1)c1ccccc1. The molecule has 0 aliphatic carbocycles. The highest BCUT2D eigenvalue weighted by molar-refractivity contribution is 6.30. The van der Waals surface area contributed by atoms with Crippen molar-refractivity contribution in [3.63, 3.8) is 0 Å². The largest absolute Gasteiger partial charge is 0.433 e. The van der Waals surface area contributed by atoms with Crippen LogP contribution in [0, 0.1) is 0 Å². The normalized spacial score (nSPS) is 13.4. The molecule has 8 heteroatoms. The van der Waals surface area contributed by atoms with Crippen LogP contribution in [0.4, 0.5) is 13.2 Å². The van der Waals surface area contributed by atoms with E-state index in [-0.39, 0.29) is 11.9 Å². The summed E-state index contributed by atoms with van der Waals surface area (Å²) >= 11 is 6.19. The molecule has 0 radical (unpaired) electrons. The summed E-state index contributed by atoms with van der Waals surface area (Å²) in [5, 5.41) is 6.64. The number of hydrogen-bond acceptors (Lipinski definition) is 3. The number of aryl methyl sites for hydroxylation is 1. The molecule has 32 heavy (non-hydrogen) atoms. The first-order valence-corrected chi connectivity index (χ1v) is 10.5. The Morgan fingerprint density at radius 3 is 2.34 bits per heavy atom. The number of benzene rings is 2. The lowest BCUT2D eigenvalue weighted by atomic mass is 9.96. The van der Waals surface area contributed by atoms with Gasteiger partial charge in [0.25, 0.3) is 0 Å². The van der Waals surface area contributed by atoms with E-state index in [1.54, 1.807) is 13.1 Å². The Morgan fingerprint density at radius 2 is 1.75 bits per heavy atom. The number of rotatable bonds is 8. The van der Waals surface area contributed by atoms with E-state index in [0.717, 1.165) is 17.2 Å². The lowest BCUT2D eigenvalue weighted by Crippen LogP contribution is -2.38. The number of alkyl halides is 3. The van der Waals surface area contributed by atoms with E-state index >= 15 is 0 Å². The minimum absolute atomic E-state index is 0.195. The number of carbonyl (C=O) groups excluding carboxylic acids is 1. The average molecular weight is 462 g/mol. The van der Waals surface area contributed by atoms with Crippen molar-refractivity contribution in [1.29, 1.82) is 0 Å². The molecule has 0 spiro atoms. The number of aromatic nitrogens is 1. The lowest BCUT2D eigenvalue weighted by Gasteiger charge is -2.26. The zero-order valence-electron chi connectivity index (χ0n) is 17.4.